The van der Waals surface area contributed by atoms with Crippen molar-refractivity contribution in [3.8, 4) is 5.75 Å². The zero-order valence-electron chi connectivity index (χ0n) is 15.9. The lowest BCUT2D eigenvalue weighted by Crippen LogP contribution is -2.33. The van der Waals surface area contributed by atoms with Crippen LogP contribution in [0.4, 0.5) is 4.39 Å². The number of rotatable bonds is 2. The van der Waals surface area contributed by atoms with E-state index in [-0.39, 0.29) is 18.1 Å². The first kappa shape index (κ1) is 17.0. The fourth-order valence-electron chi connectivity index (χ4n) is 4.09. The van der Waals surface area contributed by atoms with Gasteiger partial charge in [0, 0.05) is 23.1 Å². The fourth-order valence-corrected chi connectivity index (χ4v) is 4.09. The van der Waals surface area contributed by atoms with Crippen molar-refractivity contribution in [2.24, 2.45) is 5.10 Å². The molecule has 2 aliphatic rings. The third kappa shape index (κ3) is 2.76. The highest BCUT2D eigenvalue weighted by Crippen LogP contribution is 2.47. The molecule has 2 aliphatic heterocycles. The summed E-state index contributed by atoms with van der Waals surface area (Å²) in [5, 5.41) is 7.03. The summed E-state index contributed by atoms with van der Waals surface area (Å²) >= 11 is 0. The van der Waals surface area contributed by atoms with Gasteiger partial charge in [-0.2, -0.15) is 5.10 Å². The van der Waals surface area contributed by atoms with E-state index in [4.69, 9.17) is 9.84 Å². The molecule has 0 saturated heterocycles. The van der Waals surface area contributed by atoms with Crippen LogP contribution >= 0.6 is 0 Å². The first-order valence-electron chi connectivity index (χ1n) is 9.54. The lowest BCUT2D eigenvalue weighted by Gasteiger charge is -2.38. The predicted octanol–water partition coefficient (Wildman–Crippen LogP) is 5.68. The summed E-state index contributed by atoms with van der Waals surface area (Å²) in [4.78, 5) is 0. The van der Waals surface area contributed by atoms with Crippen molar-refractivity contribution in [1.29, 1.82) is 0 Å². The summed E-state index contributed by atoms with van der Waals surface area (Å²) in [6.07, 6.45) is 0.450. The molecule has 0 spiro atoms. The number of ether oxygens (including phenoxy) is 1. The Morgan fingerprint density at radius 3 is 2.61 bits per heavy atom. The third-order valence-electron chi connectivity index (χ3n) is 5.56. The van der Waals surface area contributed by atoms with Gasteiger partial charge in [-0.3, -0.25) is 0 Å². The second-order valence-corrected chi connectivity index (χ2v) is 7.52. The number of aryl methyl sites for hydroxylation is 2. The first-order chi connectivity index (χ1) is 13.6. The maximum atomic E-state index is 13.4. The molecule has 0 bridgehead atoms. The zero-order chi connectivity index (χ0) is 19.3. The monoisotopic (exact) mass is 372 g/mol. The standard InChI is InChI=1S/C24H21FN2O/c1-15-7-8-16(2)20(13-15)21-14-22-19-5-3-4-6-23(19)28-24(27(22)26-21)17-9-11-18(25)12-10-17/h3-13,22,24H,14H2,1-2H3/t22-,24+/m1/s1. The second-order valence-electron chi connectivity index (χ2n) is 7.52. The minimum atomic E-state index is -0.372. The van der Waals surface area contributed by atoms with Gasteiger partial charge in [0.15, 0.2) is 0 Å². The molecule has 0 N–H and O–H groups in total. The van der Waals surface area contributed by atoms with Crippen LogP contribution in [0.25, 0.3) is 0 Å². The molecule has 140 valence electrons. The molecule has 0 unspecified atom stereocenters. The van der Waals surface area contributed by atoms with E-state index in [0.717, 1.165) is 29.0 Å². The predicted molar refractivity (Wildman–Crippen MR) is 108 cm³/mol. The molecular weight excluding hydrogens is 351 g/mol. The average molecular weight is 372 g/mol. The van der Waals surface area contributed by atoms with Crippen LogP contribution in [0.15, 0.2) is 71.8 Å². The molecule has 3 aromatic rings. The topological polar surface area (TPSA) is 24.8 Å². The summed E-state index contributed by atoms with van der Waals surface area (Å²) in [6, 6.07) is 21.2. The van der Waals surface area contributed by atoms with Gasteiger partial charge in [0.05, 0.1) is 11.8 Å². The molecule has 0 aliphatic carbocycles. The van der Waals surface area contributed by atoms with E-state index in [1.54, 1.807) is 12.1 Å². The Morgan fingerprint density at radius 2 is 1.79 bits per heavy atom. The van der Waals surface area contributed by atoms with Crippen LogP contribution in [-0.4, -0.2) is 10.7 Å². The van der Waals surface area contributed by atoms with Crippen molar-refractivity contribution < 1.29 is 9.13 Å². The summed E-state index contributed by atoms with van der Waals surface area (Å²) < 4.78 is 19.8. The molecule has 0 fully saturated rings. The minimum Gasteiger partial charge on any atom is -0.464 e. The quantitative estimate of drug-likeness (QED) is 0.578. The molecule has 2 heterocycles. The molecule has 3 nitrogen and oxygen atoms in total. The van der Waals surface area contributed by atoms with Crippen LogP contribution < -0.4 is 4.74 Å². The number of hydrazone groups is 1. The molecule has 5 rings (SSSR count). The van der Waals surface area contributed by atoms with Crippen molar-refractivity contribution in [1.82, 2.24) is 5.01 Å². The van der Waals surface area contributed by atoms with E-state index >= 15 is 0 Å². The molecule has 0 amide bonds. The van der Waals surface area contributed by atoms with Crippen molar-refractivity contribution in [3.63, 3.8) is 0 Å². The van der Waals surface area contributed by atoms with Crippen molar-refractivity contribution >= 4 is 5.71 Å². The Kier molecular flexibility index (Phi) is 3.93. The molecular formula is C24H21FN2O. The highest BCUT2D eigenvalue weighted by molar-refractivity contribution is 6.03. The van der Waals surface area contributed by atoms with E-state index in [1.807, 2.05) is 23.2 Å². The van der Waals surface area contributed by atoms with Crippen molar-refractivity contribution in [3.05, 3.63) is 100 Å². The van der Waals surface area contributed by atoms with E-state index in [1.165, 1.54) is 28.8 Å². The van der Waals surface area contributed by atoms with Crippen LogP contribution in [0.2, 0.25) is 0 Å². The molecule has 2 atom stereocenters. The molecule has 3 aromatic carbocycles. The SMILES string of the molecule is Cc1ccc(C)c(C2=NN3[C@H](C2)c2ccccc2O[C@H]3c2ccc(F)cc2)c1. The Labute approximate surface area is 164 Å². The van der Waals surface area contributed by atoms with E-state index in [0.29, 0.717) is 0 Å². The van der Waals surface area contributed by atoms with Gasteiger partial charge in [0.1, 0.15) is 11.6 Å². The Morgan fingerprint density at radius 1 is 1.00 bits per heavy atom. The summed E-state index contributed by atoms with van der Waals surface area (Å²) in [6.45, 7) is 4.22. The van der Waals surface area contributed by atoms with Gasteiger partial charge in [0.25, 0.3) is 0 Å². The van der Waals surface area contributed by atoms with Gasteiger partial charge in [-0.1, -0.05) is 48.0 Å². The minimum absolute atomic E-state index is 0.106. The highest BCUT2D eigenvalue weighted by atomic mass is 19.1. The van der Waals surface area contributed by atoms with Gasteiger partial charge in [-0.15, -0.1) is 0 Å². The number of nitrogens with zero attached hydrogens (tertiary/aromatic N) is 2. The van der Waals surface area contributed by atoms with Gasteiger partial charge in [0.2, 0.25) is 6.23 Å². The number of halogens is 1. The van der Waals surface area contributed by atoms with Crippen LogP contribution in [0.1, 0.15) is 46.5 Å². The van der Waals surface area contributed by atoms with Gasteiger partial charge >= 0.3 is 0 Å². The number of fused-ring (bicyclic) bond motifs is 3. The third-order valence-corrected chi connectivity index (χ3v) is 5.56. The molecule has 4 heteroatoms. The second kappa shape index (κ2) is 6.48. The van der Waals surface area contributed by atoms with Crippen LogP contribution in [-0.2, 0) is 0 Å². The number of hydrogen-bond donors (Lipinski definition) is 0. The van der Waals surface area contributed by atoms with Crippen LogP contribution in [0.5, 0.6) is 5.75 Å². The lowest BCUT2D eigenvalue weighted by atomic mass is 9.93. The molecule has 28 heavy (non-hydrogen) atoms. The van der Waals surface area contributed by atoms with Crippen LogP contribution in [0.3, 0.4) is 0 Å². The smallest absolute Gasteiger partial charge is 0.213 e. The zero-order valence-corrected chi connectivity index (χ0v) is 15.9. The first-order valence-corrected chi connectivity index (χ1v) is 9.54. The molecule has 0 aromatic heterocycles. The maximum absolute atomic E-state index is 13.4. The van der Waals surface area contributed by atoms with Gasteiger partial charge in [-0.05, 0) is 43.7 Å². The normalized spacial score (nSPS) is 20.2. The van der Waals surface area contributed by atoms with E-state index < -0.39 is 0 Å². The summed E-state index contributed by atoms with van der Waals surface area (Å²) in [7, 11) is 0. The summed E-state index contributed by atoms with van der Waals surface area (Å²) in [5.74, 6) is 0.619. The molecule has 0 saturated carbocycles. The van der Waals surface area contributed by atoms with Crippen molar-refractivity contribution in [2.45, 2.75) is 32.5 Å². The van der Waals surface area contributed by atoms with Crippen LogP contribution in [0, 0.1) is 19.7 Å². The van der Waals surface area contributed by atoms with E-state index in [9.17, 15) is 4.39 Å². The van der Waals surface area contributed by atoms with E-state index in [2.05, 4.69) is 38.1 Å². The molecule has 0 radical (unpaired) electrons. The average Bonchev–Trinajstić information content (AvgIpc) is 3.15. The summed E-state index contributed by atoms with van der Waals surface area (Å²) in [5.41, 5.74) is 6.73. The number of benzene rings is 3. The Bertz CT molecular complexity index is 1070. The Balaban J connectivity index is 1.61. The fraction of sp³-hybridized carbons (Fsp3) is 0.208. The number of hydrogen-bond acceptors (Lipinski definition) is 3. The number of para-hydroxylation sites is 1. The maximum Gasteiger partial charge on any atom is 0.213 e. The van der Waals surface area contributed by atoms with Crippen molar-refractivity contribution in [2.75, 3.05) is 0 Å². The van der Waals surface area contributed by atoms with Gasteiger partial charge in [-0.25, -0.2) is 9.40 Å². The lowest BCUT2D eigenvalue weighted by molar-refractivity contribution is -0.0190. The Hall–Kier alpha value is -3.14. The largest absolute Gasteiger partial charge is 0.464 e. The van der Waals surface area contributed by atoms with Gasteiger partial charge < -0.3 is 4.74 Å². The highest BCUT2D eigenvalue weighted by Gasteiger charge is 2.41.